The monoisotopic (exact) mass is 360 g/mol. The van der Waals surface area contributed by atoms with Gasteiger partial charge in [-0.3, -0.25) is 9.78 Å². The Morgan fingerprint density at radius 1 is 1.20 bits per heavy atom. The Bertz CT molecular complexity index is 920. The highest BCUT2D eigenvalue weighted by Crippen LogP contribution is 2.23. The zero-order valence-electron chi connectivity index (χ0n) is 13.3. The number of ether oxygens (including phenoxy) is 1. The van der Waals surface area contributed by atoms with Crippen LogP contribution >= 0.6 is 11.8 Å². The van der Waals surface area contributed by atoms with Crippen molar-refractivity contribution in [2.45, 2.75) is 18.1 Å². The highest BCUT2D eigenvalue weighted by molar-refractivity contribution is 7.99. The molecule has 1 aromatic heterocycles. The molecule has 0 saturated heterocycles. The van der Waals surface area contributed by atoms with E-state index in [1.807, 2.05) is 24.3 Å². The standard InChI is InChI=1S/C18H14F2N2O2S/c1-11(13-7-6-12(19)8-14(13)20)24-18(23)10-25-17-9-21-15-4-2-3-5-16(15)22-17/h2-9,11H,10H2,1H3. The molecule has 0 aliphatic rings. The van der Waals surface area contributed by atoms with Crippen LogP contribution in [-0.4, -0.2) is 21.7 Å². The fourth-order valence-corrected chi connectivity index (χ4v) is 2.89. The van der Waals surface area contributed by atoms with Crippen LogP contribution in [0.4, 0.5) is 8.78 Å². The number of thioether (sulfide) groups is 1. The molecule has 0 N–H and O–H groups in total. The van der Waals surface area contributed by atoms with Crippen molar-refractivity contribution in [1.29, 1.82) is 0 Å². The van der Waals surface area contributed by atoms with Crippen molar-refractivity contribution >= 4 is 28.8 Å². The average Bonchev–Trinajstić information content (AvgIpc) is 2.59. The summed E-state index contributed by atoms with van der Waals surface area (Å²) in [6, 6.07) is 10.6. The predicted molar refractivity (Wildman–Crippen MR) is 91.1 cm³/mol. The molecule has 128 valence electrons. The molecule has 3 rings (SSSR count). The maximum atomic E-state index is 13.7. The lowest BCUT2D eigenvalue weighted by atomic mass is 10.1. The van der Waals surface area contributed by atoms with E-state index >= 15 is 0 Å². The molecule has 1 atom stereocenters. The van der Waals surface area contributed by atoms with Gasteiger partial charge in [0.1, 0.15) is 22.8 Å². The average molecular weight is 360 g/mol. The number of hydrogen-bond donors (Lipinski definition) is 0. The van der Waals surface area contributed by atoms with Crippen molar-refractivity contribution in [2.24, 2.45) is 0 Å². The smallest absolute Gasteiger partial charge is 0.316 e. The van der Waals surface area contributed by atoms with Gasteiger partial charge >= 0.3 is 5.97 Å². The van der Waals surface area contributed by atoms with Gasteiger partial charge in [0.25, 0.3) is 0 Å². The van der Waals surface area contributed by atoms with Gasteiger partial charge in [0.15, 0.2) is 0 Å². The van der Waals surface area contributed by atoms with Gasteiger partial charge in [-0.2, -0.15) is 0 Å². The summed E-state index contributed by atoms with van der Waals surface area (Å²) in [5.74, 6) is -1.92. The molecule has 2 aromatic carbocycles. The number of fused-ring (bicyclic) bond motifs is 1. The predicted octanol–water partition coefficient (Wildman–Crippen LogP) is 4.30. The molecule has 0 spiro atoms. The Kier molecular flexibility index (Phi) is 5.23. The van der Waals surface area contributed by atoms with Gasteiger partial charge < -0.3 is 4.74 Å². The van der Waals surface area contributed by atoms with Crippen molar-refractivity contribution in [3.8, 4) is 0 Å². The first kappa shape index (κ1) is 17.3. The molecule has 1 heterocycles. The van der Waals surface area contributed by atoms with E-state index in [0.29, 0.717) is 5.03 Å². The Balaban J connectivity index is 1.60. The number of carbonyl (C=O) groups is 1. The maximum Gasteiger partial charge on any atom is 0.316 e. The number of carbonyl (C=O) groups excluding carboxylic acids is 1. The quantitative estimate of drug-likeness (QED) is 0.501. The van der Waals surface area contributed by atoms with Crippen molar-refractivity contribution in [3.05, 3.63) is 65.9 Å². The van der Waals surface area contributed by atoms with E-state index in [1.54, 1.807) is 6.20 Å². The van der Waals surface area contributed by atoms with Gasteiger partial charge in [-0.25, -0.2) is 13.8 Å². The molecule has 0 fully saturated rings. The molecule has 0 radical (unpaired) electrons. The van der Waals surface area contributed by atoms with Gasteiger partial charge in [0.2, 0.25) is 0 Å². The molecule has 0 aliphatic heterocycles. The van der Waals surface area contributed by atoms with E-state index < -0.39 is 23.7 Å². The first-order chi connectivity index (χ1) is 12.0. The molecular weight excluding hydrogens is 346 g/mol. The van der Waals surface area contributed by atoms with E-state index in [0.717, 1.165) is 23.2 Å². The van der Waals surface area contributed by atoms with Crippen molar-refractivity contribution < 1.29 is 18.3 Å². The third-order valence-corrected chi connectivity index (χ3v) is 4.35. The second kappa shape index (κ2) is 7.57. The second-order valence-electron chi connectivity index (χ2n) is 5.28. The lowest BCUT2D eigenvalue weighted by Gasteiger charge is -2.14. The Hall–Kier alpha value is -2.54. The highest BCUT2D eigenvalue weighted by Gasteiger charge is 2.16. The third-order valence-electron chi connectivity index (χ3n) is 3.47. The number of aromatic nitrogens is 2. The third kappa shape index (κ3) is 4.30. The molecule has 4 nitrogen and oxygen atoms in total. The van der Waals surface area contributed by atoms with Crippen LogP contribution in [0.3, 0.4) is 0 Å². The van der Waals surface area contributed by atoms with Crippen molar-refractivity contribution in [1.82, 2.24) is 9.97 Å². The summed E-state index contributed by atoms with van der Waals surface area (Å²) in [6.45, 7) is 1.54. The number of nitrogens with zero attached hydrogens (tertiary/aromatic N) is 2. The minimum absolute atomic E-state index is 0.0141. The van der Waals surface area contributed by atoms with E-state index in [2.05, 4.69) is 9.97 Å². The van der Waals surface area contributed by atoms with Crippen molar-refractivity contribution in [3.63, 3.8) is 0 Å². The molecule has 7 heteroatoms. The lowest BCUT2D eigenvalue weighted by molar-refractivity contribution is -0.145. The molecule has 0 amide bonds. The molecule has 0 aliphatic carbocycles. The Labute approximate surface area is 147 Å². The van der Waals surface area contributed by atoms with Crippen LogP contribution in [0.5, 0.6) is 0 Å². The topological polar surface area (TPSA) is 52.1 Å². The van der Waals surface area contributed by atoms with Gasteiger partial charge in [-0.05, 0) is 31.2 Å². The summed E-state index contributed by atoms with van der Waals surface area (Å²) >= 11 is 1.19. The number of hydrogen-bond acceptors (Lipinski definition) is 5. The number of esters is 1. The second-order valence-corrected chi connectivity index (χ2v) is 6.28. The zero-order valence-corrected chi connectivity index (χ0v) is 14.1. The first-order valence-corrected chi connectivity index (χ1v) is 8.50. The van der Waals surface area contributed by atoms with Gasteiger partial charge in [-0.15, -0.1) is 0 Å². The first-order valence-electron chi connectivity index (χ1n) is 7.52. The van der Waals surface area contributed by atoms with Crippen LogP contribution in [0.1, 0.15) is 18.6 Å². The minimum Gasteiger partial charge on any atom is -0.457 e. The van der Waals surface area contributed by atoms with Crippen LogP contribution in [0.2, 0.25) is 0 Å². The largest absolute Gasteiger partial charge is 0.457 e. The van der Waals surface area contributed by atoms with E-state index in [4.69, 9.17) is 4.74 Å². The molecule has 25 heavy (non-hydrogen) atoms. The number of rotatable bonds is 5. The summed E-state index contributed by atoms with van der Waals surface area (Å²) in [4.78, 5) is 20.6. The lowest BCUT2D eigenvalue weighted by Crippen LogP contribution is -2.12. The number of halogens is 2. The fourth-order valence-electron chi connectivity index (χ4n) is 2.27. The minimum atomic E-state index is -0.809. The van der Waals surface area contributed by atoms with Crippen LogP contribution in [0.25, 0.3) is 11.0 Å². The molecular formula is C18H14F2N2O2S. The Morgan fingerprint density at radius 3 is 2.72 bits per heavy atom. The maximum absolute atomic E-state index is 13.7. The summed E-state index contributed by atoms with van der Waals surface area (Å²) in [7, 11) is 0. The SMILES string of the molecule is CC(OC(=O)CSc1cnc2ccccc2n1)c1ccc(F)cc1F. The summed E-state index contributed by atoms with van der Waals surface area (Å²) in [5, 5.41) is 0.594. The van der Waals surface area contributed by atoms with Crippen LogP contribution < -0.4 is 0 Å². The van der Waals surface area contributed by atoms with Gasteiger partial charge in [-0.1, -0.05) is 23.9 Å². The highest BCUT2D eigenvalue weighted by atomic mass is 32.2. The van der Waals surface area contributed by atoms with E-state index in [9.17, 15) is 13.6 Å². The van der Waals surface area contributed by atoms with Crippen LogP contribution in [0, 0.1) is 11.6 Å². The van der Waals surface area contributed by atoms with E-state index in [-0.39, 0.29) is 11.3 Å². The normalized spacial score (nSPS) is 12.1. The van der Waals surface area contributed by atoms with Gasteiger partial charge in [0.05, 0.1) is 23.0 Å². The Morgan fingerprint density at radius 2 is 1.96 bits per heavy atom. The molecule has 0 saturated carbocycles. The summed E-state index contributed by atoms with van der Waals surface area (Å²) in [5.41, 5.74) is 1.64. The molecule has 1 unspecified atom stereocenters. The van der Waals surface area contributed by atoms with E-state index in [1.165, 1.54) is 24.8 Å². The van der Waals surface area contributed by atoms with Crippen LogP contribution in [0.15, 0.2) is 53.7 Å². The molecule has 3 aromatic rings. The number of benzene rings is 2. The number of para-hydroxylation sites is 2. The van der Waals surface area contributed by atoms with Gasteiger partial charge in [0, 0.05) is 11.6 Å². The summed E-state index contributed by atoms with van der Waals surface area (Å²) < 4.78 is 31.8. The summed E-state index contributed by atoms with van der Waals surface area (Å²) in [6.07, 6.45) is 0.778. The van der Waals surface area contributed by atoms with Crippen molar-refractivity contribution in [2.75, 3.05) is 5.75 Å². The van der Waals surface area contributed by atoms with Crippen LogP contribution in [-0.2, 0) is 9.53 Å². The fraction of sp³-hybridized carbons (Fsp3) is 0.167. The molecule has 0 bridgehead atoms. The zero-order chi connectivity index (χ0) is 17.8.